The highest BCUT2D eigenvalue weighted by Gasteiger charge is 2.15. The molecule has 1 aromatic heterocycles. The van der Waals surface area contributed by atoms with Crippen LogP contribution in [0.3, 0.4) is 0 Å². The molecule has 3 heteroatoms. The number of pyridine rings is 1. The maximum atomic E-state index is 13.8. The Balaban J connectivity index is 2.44. The summed E-state index contributed by atoms with van der Waals surface area (Å²) in [5.74, 6) is -0.795. The second-order valence-electron chi connectivity index (χ2n) is 3.95. The van der Waals surface area contributed by atoms with Gasteiger partial charge in [0.1, 0.15) is 5.82 Å². The first-order valence-electron chi connectivity index (χ1n) is 5.32. The third-order valence-corrected chi connectivity index (χ3v) is 2.61. The van der Waals surface area contributed by atoms with E-state index in [0.29, 0.717) is 11.1 Å². The maximum absolute atomic E-state index is 13.8. The number of halogens is 1. The van der Waals surface area contributed by atoms with Gasteiger partial charge < -0.3 is 0 Å². The number of aryl methyl sites for hydroxylation is 2. The number of aromatic nitrogens is 1. The van der Waals surface area contributed by atoms with E-state index in [1.165, 1.54) is 12.3 Å². The Morgan fingerprint density at radius 2 is 1.94 bits per heavy atom. The van der Waals surface area contributed by atoms with Crippen LogP contribution in [0.2, 0.25) is 0 Å². The van der Waals surface area contributed by atoms with Crippen molar-refractivity contribution in [3.8, 4) is 0 Å². The van der Waals surface area contributed by atoms with Crippen LogP contribution in [-0.4, -0.2) is 10.8 Å². The molecule has 0 aliphatic heterocycles. The fraction of sp³-hybridized carbons (Fsp3) is 0.143. The lowest BCUT2D eigenvalue weighted by Crippen LogP contribution is -2.06. The lowest BCUT2D eigenvalue weighted by atomic mass is 10.0. The summed E-state index contributed by atoms with van der Waals surface area (Å²) in [6.45, 7) is 3.47. The normalized spacial score (nSPS) is 10.3. The molecule has 0 bridgehead atoms. The number of ketones is 1. The summed E-state index contributed by atoms with van der Waals surface area (Å²) in [7, 11) is 0. The molecule has 0 aliphatic rings. The first-order chi connectivity index (χ1) is 8.09. The van der Waals surface area contributed by atoms with Gasteiger partial charge in [0.25, 0.3) is 0 Å². The predicted molar refractivity (Wildman–Crippen MR) is 63.5 cm³/mol. The second-order valence-corrected chi connectivity index (χ2v) is 3.95. The topological polar surface area (TPSA) is 30.0 Å². The monoisotopic (exact) mass is 229 g/mol. The van der Waals surface area contributed by atoms with Crippen molar-refractivity contribution >= 4 is 5.78 Å². The minimum absolute atomic E-state index is 0.0932. The van der Waals surface area contributed by atoms with Crippen molar-refractivity contribution in [2.75, 3.05) is 0 Å². The average Bonchev–Trinajstić information content (AvgIpc) is 2.33. The van der Waals surface area contributed by atoms with Crippen molar-refractivity contribution in [1.29, 1.82) is 0 Å². The van der Waals surface area contributed by atoms with Gasteiger partial charge in [0.2, 0.25) is 0 Å². The van der Waals surface area contributed by atoms with Crippen molar-refractivity contribution in [2.45, 2.75) is 13.8 Å². The molecule has 17 heavy (non-hydrogen) atoms. The smallest absolute Gasteiger partial charge is 0.197 e. The fourth-order valence-corrected chi connectivity index (χ4v) is 1.58. The molecule has 0 atom stereocenters. The summed E-state index contributed by atoms with van der Waals surface area (Å²) in [6.07, 6.45) is 1.47. The zero-order valence-corrected chi connectivity index (χ0v) is 9.70. The van der Waals surface area contributed by atoms with Crippen molar-refractivity contribution in [3.63, 3.8) is 0 Å². The van der Waals surface area contributed by atoms with E-state index in [0.717, 1.165) is 5.69 Å². The molecule has 0 saturated heterocycles. The van der Waals surface area contributed by atoms with Crippen LogP contribution in [0.5, 0.6) is 0 Å². The number of benzene rings is 1. The third kappa shape index (κ3) is 2.23. The molecule has 86 valence electrons. The Morgan fingerprint density at radius 3 is 2.59 bits per heavy atom. The first-order valence-corrected chi connectivity index (χ1v) is 5.32. The van der Waals surface area contributed by atoms with Crippen molar-refractivity contribution in [2.24, 2.45) is 0 Å². The van der Waals surface area contributed by atoms with Gasteiger partial charge in [0.15, 0.2) is 5.78 Å². The molecule has 0 unspecified atom stereocenters. The third-order valence-electron chi connectivity index (χ3n) is 2.61. The first kappa shape index (κ1) is 11.5. The van der Waals surface area contributed by atoms with E-state index in [9.17, 15) is 9.18 Å². The molecule has 2 rings (SSSR count). The molecule has 1 aromatic carbocycles. The summed E-state index contributed by atoms with van der Waals surface area (Å²) in [4.78, 5) is 16.1. The lowest BCUT2D eigenvalue weighted by Gasteiger charge is -2.04. The average molecular weight is 229 g/mol. The minimum atomic E-state index is -0.460. The standard InChI is InChI=1S/C14H12FNO/c1-9-4-3-5-12(13(9)15)14(17)11-7-6-10(2)16-8-11/h3-8H,1-2H3. The molecular weight excluding hydrogens is 217 g/mol. The molecule has 0 aliphatic carbocycles. The van der Waals surface area contributed by atoms with Gasteiger partial charge in [0.05, 0.1) is 5.56 Å². The van der Waals surface area contributed by atoms with Crippen LogP contribution in [0.1, 0.15) is 27.2 Å². The summed E-state index contributed by atoms with van der Waals surface area (Å²) in [5, 5.41) is 0. The van der Waals surface area contributed by atoms with Crippen LogP contribution >= 0.6 is 0 Å². The van der Waals surface area contributed by atoms with E-state index in [1.807, 2.05) is 6.92 Å². The van der Waals surface area contributed by atoms with Gasteiger partial charge in [-0.2, -0.15) is 0 Å². The molecule has 1 heterocycles. The van der Waals surface area contributed by atoms with Crippen LogP contribution in [0.15, 0.2) is 36.5 Å². The molecule has 2 nitrogen and oxygen atoms in total. The van der Waals surface area contributed by atoms with Gasteiger partial charge in [-0.05, 0) is 37.6 Å². The van der Waals surface area contributed by atoms with E-state index in [2.05, 4.69) is 4.98 Å². The number of carbonyl (C=O) groups is 1. The summed E-state index contributed by atoms with van der Waals surface area (Å²) >= 11 is 0. The van der Waals surface area contributed by atoms with Gasteiger partial charge in [-0.15, -0.1) is 0 Å². The van der Waals surface area contributed by atoms with Crippen LogP contribution < -0.4 is 0 Å². The van der Waals surface area contributed by atoms with Gasteiger partial charge in [-0.1, -0.05) is 12.1 Å². The molecule has 0 saturated carbocycles. The van der Waals surface area contributed by atoms with E-state index < -0.39 is 5.82 Å². The Morgan fingerprint density at radius 1 is 1.18 bits per heavy atom. The largest absolute Gasteiger partial charge is 0.288 e. The van der Waals surface area contributed by atoms with Crippen molar-refractivity contribution in [3.05, 3.63) is 64.7 Å². The highest BCUT2D eigenvalue weighted by molar-refractivity contribution is 6.09. The summed E-state index contributed by atoms with van der Waals surface area (Å²) < 4.78 is 13.8. The number of nitrogens with zero attached hydrogens (tertiary/aromatic N) is 1. The zero-order chi connectivity index (χ0) is 12.4. The van der Waals surface area contributed by atoms with Gasteiger partial charge in [-0.3, -0.25) is 9.78 Å². The number of rotatable bonds is 2. The molecule has 0 N–H and O–H groups in total. The Labute approximate surface area is 99.1 Å². The van der Waals surface area contributed by atoms with Gasteiger partial charge in [0, 0.05) is 17.5 Å². The Hall–Kier alpha value is -2.03. The Kier molecular flexibility index (Phi) is 3.00. The van der Waals surface area contributed by atoms with Crippen LogP contribution in [-0.2, 0) is 0 Å². The van der Waals surface area contributed by atoms with Crippen molar-refractivity contribution in [1.82, 2.24) is 4.98 Å². The minimum Gasteiger partial charge on any atom is -0.288 e. The molecule has 0 spiro atoms. The van der Waals surface area contributed by atoms with E-state index in [1.54, 1.807) is 31.2 Å². The van der Waals surface area contributed by atoms with Gasteiger partial charge in [-0.25, -0.2) is 4.39 Å². The molecule has 0 fully saturated rings. The van der Waals surface area contributed by atoms with Crippen LogP contribution in [0.4, 0.5) is 4.39 Å². The molecular formula is C14H12FNO. The van der Waals surface area contributed by atoms with Crippen molar-refractivity contribution < 1.29 is 9.18 Å². The quantitative estimate of drug-likeness (QED) is 0.741. The van der Waals surface area contributed by atoms with E-state index in [-0.39, 0.29) is 11.3 Å². The Bertz CT molecular complexity index is 561. The maximum Gasteiger partial charge on any atom is 0.197 e. The lowest BCUT2D eigenvalue weighted by molar-refractivity contribution is 0.103. The SMILES string of the molecule is Cc1ccc(C(=O)c2cccc(C)c2F)cn1. The van der Waals surface area contributed by atoms with Crippen LogP contribution in [0.25, 0.3) is 0 Å². The van der Waals surface area contributed by atoms with E-state index in [4.69, 9.17) is 0 Å². The summed E-state index contributed by atoms with van der Waals surface area (Å²) in [6, 6.07) is 8.20. The zero-order valence-electron chi connectivity index (χ0n) is 9.70. The highest BCUT2D eigenvalue weighted by atomic mass is 19.1. The number of carbonyl (C=O) groups excluding carboxylic acids is 1. The number of hydrogen-bond acceptors (Lipinski definition) is 2. The van der Waals surface area contributed by atoms with E-state index >= 15 is 0 Å². The van der Waals surface area contributed by atoms with Crippen LogP contribution in [0, 0.1) is 19.7 Å². The number of hydrogen-bond donors (Lipinski definition) is 0. The fourth-order valence-electron chi connectivity index (χ4n) is 1.58. The second kappa shape index (κ2) is 4.45. The molecule has 2 aromatic rings. The summed E-state index contributed by atoms with van der Waals surface area (Å²) in [5.41, 5.74) is 1.79. The highest BCUT2D eigenvalue weighted by Crippen LogP contribution is 2.16. The molecule has 0 radical (unpaired) electrons. The van der Waals surface area contributed by atoms with Gasteiger partial charge >= 0.3 is 0 Å². The molecule has 0 amide bonds. The predicted octanol–water partition coefficient (Wildman–Crippen LogP) is 3.07.